The molecule has 0 saturated heterocycles. The summed E-state index contributed by atoms with van der Waals surface area (Å²) >= 11 is 0. The maximum absolute atomic E-state index is 14.1. The van der Waals surface area contributed by atoms with Crippen LogP contribution in [0.15, 0.2) is 24.3 Å². The van der Waals surface area contributed by atoms with Crippen molar-refractivity contribution in [1.82, 2.24) is 10.6 Å². The Morgan fingerprint density at radius 3 is 2.70 bits per heavy atom. The number of halogens is 2. The van der Waals surface area contributed by atoms with Crippen molar-refractivity contribution < 1.29 is 13.9 Å². The Morgan fingerprint density at radius 1 is 1.35 bits per heavy atom. The zero-order chi connectivity index (χ0) is 15.8. The topological polar surface area (TPSA) is 50.4 Å². The molecule has 23 heavy (non-hydrogen) atoms. The predicted octanol–water partition coefficient (Wildman–Crippen LogP) is 2.83. The minimum absolute atomic E-state index is 0. The van der Waals surface area contributed by atoms with Crippen molar-refractivity contribution in [2.24, 2.45) is 5.92 Å². The molecule has 1 amide bonds. The van der Waals surface area contributed by atoms with Crippen molar-refractivity contribution in [3.8, 4) is 0 Å². The molecule has 1 atom stereocenters. The standard InChI is InChI=1S/C17H25FN2O2.ClH/c1-22-11-10-19-12-16(21)20-17(13-6-2-3-7-13)14-8-4-5-9-15(14)18;/h4-5,8-9,13,17,19H,2-3,6-7,10-12H2,1H3,(H,20,21);1H. The van der Waals surface area contributed by atoms with Crippen LogP contribution < -0.4 is 10.6 Å². The first-order chi connectivity index (χ1) is 10.7. The number of methoxy groups -OCH3 is 1. The van der Waals surface area contributed by atoms with E-state index in [-0.39, 0.29) is 36.7 Å². The Labute approximate surface area is 143 Å². The first-order valence-electron chi connectivity index (χ1n) is 7.96. The highest BCUT2D eigenvalue weighted by Gasteiger charge is 2.29. The number of amides is 1. The van der Waals surface area contributed by atoms with Crippen molar-refractivity contribution in [2.75, 3.05) is 26.8 Å². The number of rotatable bonds is 8. The van der Waals surface area contributed by atoms with Crippen molar-refractivity contribution in [2.45, 2.75) is 31.7 Å². The molecular formula is C17H26ClFN2O2. The van der Waals surface area contributed by atoms with Gasteiger partial charge in [0.15, 0.2) is 0 Å². The Balaban J connectivity index is 0.00000264. The molecule has 0 aliphatic heterocycles. The minimum Gasteiger partial charge on any atom is -0.383 e. The van der Waals surface area contributed by atoms with Gasteiger partial charge in [-0.15, -0.1) is 12.4 Å². The third-order valence-corrected chi connectivity index (χ3v) is 4.20. The Hall–Kier alpha value is -1.17. The van der Waals surface area contributed by atoms with Gasteiger partial charge in [0.05, 0.1) is 19.2 Å². The highest BCUT2D eigenvalue weighted by molar-refractivity contribution is 5.85. The van der Waals surface area contributed by atoms with Crippen LogP contribution in [0.1, 0.15) is 37.3 Å². The summed E-state index contributed by atoms with van der Waals surface area (Å²) in [5.74, 6) is -0.0249. The lowest BCUT2D eigenvalue weighted by atomic mass is 9.91. The normalized spacial score (nSPS) is 15.9. The molecule has 0 spiro atoms. The number of benzene rings is 1. The Morgan fingerprint density at radius 2 is 2.04 bits per heavy atom. The summed E-state index contributed by atoms with van der Waals surface area (Å²) in [6, 6.07) is 6.50. The average Bonchev–Trinajstić information content (AvgIpc) is 3.04. The maximum Gasteiger partial charge on any atom is 0.234 e. The first-order valence-corrected chi connectivity index (χ1v) is 7.96. The molecule has 2 rings (SSSR count). The van der Waals surface area contributed by atoms with Crippen molar-refractivity contribution in [3.63, 3.8) is 0 Å². The van der Waals surface area contributed by atoms with Crippen LogP contribution in [-0.4, -0.2) is 32.7 Å². The summed E-state index contributed by atoms with van der Waals surface area (Å²) in [5.41, 5.74) is 0.597. The van der Waals surface area contributed by atoms with Gasteiger partial charge in [0.2, 0.25) is 5.91 Å². The first kappa shape index (κ1) is 19.9. The molecule has 2 N–H and O–H groups in total. The van der Waals surface area contributed by atoms with E-state index >= 15 is 0 Å². The second-order valence-electron chi connectivity index (χ2n) is 5.78. The van der Waals surface area contributed by atoms with Crippen LogP contribution in [-0.2, 0) is 9.53 Å². The van der Waals surface area contributed by atoms with Crippen LogP contribution in [0.4, 0.5) is 4.39 Å². The van der Waals surface area contributed by atoms with Crippen molar-refractivity contribution in [1.29, 1.82) is 0 Å². The quantitative estimate of drug-likeness (QED) is 0.713. The Kier molecular flexibility index (Phi) is 9.14. The molecule has 6 heteroatoms. The molecule has 4 nitrogen and oxygen atoms in total. The fraction of sp³-hybridized carbons (Fsp3) is 0.588. The molecular weight excluding hydrogens is 319 g/mol. The number of nitrogens with one attached hydrogen (secondary N) is 2. The molecule has 1 aliphatic carbocycles. The van der Waals surface area contributed by atoms with E-state index in [0.717, 1.165) is 25.7 Å². The summed E-state index contributed by atoms with van der Waals surface area (Å²) in [7, 11) is 1.62. The lowest BCUT2D eigenvalue weighted by Gasteiger charge is -2.25. The maximum atomic E-state index is 14.1. The SMILES string of the molecule is COCCNCC(=O)NC(c1ccccc1F)C1CCCC1.Cl. The van der Waals surface area contributed by atoms with Crippen molar-refractivity contribution in [3.05, 3.63) is 35.6 Å². The molecule has 0 bridgehead atoms. The second kappa shape index (κ2) is 10.6. The van der Waals surface area contributed by atoms with Gasteiger partial charge in [0.1, 0.15) is 5.82 Å². The van der Waals surface area contributed by atoms with E-state index in [0.29, 0.717) is 24.6 Å². The van der Waals surface area contributed by atoms with Gasteiger partial charge in [0, 0.05) is 19.2 Å². The minimum atomic E-state index is -0.243. The van der Waals surface area contributed by atoms with Crippen LogP contribution in [0, 0.1) is 11.7 Å². The molecule has 0 aromatic heterocycles. The molecule has 1 aromatic carbocycles. The highest BCUT2D eigenvalue weighted by atomic mass is 35.5. The lowest BCUT2D eigenvalue weighted by molar-refractivity contribution is -0.121. The van der Waals surface area contributed by atoms with Crippen molar-refractivity contribution >= 4 is 18.3 Å². The van der Waals surface area contributed by atoms with E-state index in [9.17, 15) is 9.18 Å². The van der Waals surface area contributed by atoms with Crippen LogP contribution >= 0.6 is 12.4 Å². The van der Waals surface area contributed by atoms with E-state index in [1.54, 1.807) is 19.2 Å². The van der Waals surface area contributed by atoms with Gasteiger partial charge in [-0.25, -0.2) is 4.39 Å². The van der Waals surface area contributed by atoms with E-state index in [2.05, 4.69) is 10.6 Å². The molecule has 1 aromatic rings. The van der Waals surface area contributed by atoms with Crippen LogP contribution in [0.5, 0.6) is 0 Å². The average molecular weight is 345 g/mol. The number of carbonyl (C=O) groups is 1. The summed E-state index contributed by atoms with van der Waals surface area (Å²) in [5, 5.41) is 6.03. The lowest BCUT2D eigenvalue weighted by Crippen LogP contribution is -2.39. The molecule has 0 radical (unpaired) electrons. The number of hydrogen-bond acceptors (Lipinski definition) is 3. The fourth-order valence-corrected chi connectivity index (χ4v) is 3.07. The van der Waals surface area contributed by atoms with E-state index in [4.69, 9.17) is 4.74 Å². The molecule has 0 heterocycles. The monoisotopic (exact) mass is 344 g/mol. The molecule has 1 saturated carbocycles. The van der Waals surface area contributed by atoms with E-state index in [1.165, 1.54) is 6.07 Å². The number of hydrogen-bond donors (Lipinski definition) is 2. The zero-order valence-corrected chi connectivity index (χ0v) is 14.3. The molecule has 1 aliphatic rings. The third kappa shape index (κ3) is 6.09. The molecule has 1 unspecified atom stereocenters. The van der Waals surface area contributed by atoms with Crippen LogP contribution in [0.25, 0.3) is 0 Å². The van der Waals surface area contributed by atoms with Gasteiger partial charge in [-0.2, -0.15) is 0 Å². The van der Waals surface area contributed by atoms with Crippen LogP contribution in [0.2, 0.25) is 0 Å². The Bertz CT molecular complexity index is 481. The summed E-state index contributed by atoms with van der Waals surface area (Å²) in [6.07, 6.45) is 4.38. The van der Waals surface area contributed by atoms with Gasteiger partial charge in [0.25, 0.3) is 0 Å². The van der Waals surface area contributed by atoms with E-state index in [1.807, 2.05) is 6.07 Å². The zero-order valence-electron chi connectivity index (χ0n) is 13.5. The van der Waals surface area contributed by atoms with Gasteiger partial charge in [-0.05, 0) is 24.8 Å². The molecule has 1 fully saturated rings. The third-order valence-electron chi connectivity index (χ3n) is 4.20. The predicted molar refractivity (Wildman–Crippen MR) is 91.2 cm³/mol. The highest BCUT2D eigenvalue weighted by Crippen LogP contribution is 2.36. The van der Waals surface area contributed by atoms with Gasteiger partial charge in [-0.1, -0.05) is 31.0 Å². The molecule has 130 valence electrons. The largest absolute Gasteiger partial charge is 0.383 e. The van der Waals surface area contributed by atoms with Crippen LogP contribution in [0.3, 0.4) is 0 Å². The summed E-state index contributed by atoms with van der Waals surface area (Å²) in [6.45, 7) is 1.41. The summed E-state index contributed by atoms with van der Waals surface area (Å²) < 4.78 is 19.0. The number of carbonyl (C=O) groups excluding carboxylic acids is 1. The number of ether oxygens (including phenoxy) is 1. The second-order valence-corrected chi connectivity index (χ2v) is 5.78. The smallest absolute Gasteiger partial charge is 0.234 e. The summed E-state index contributed by atoms with van der Waals surface area (Å²) in [4.78, 5) is 12.1. The van der Waals surface area contributed by atoms with Gasteiger partial charge < -0.3 is 15.4 Å². The van der Waals surface area contributed by atoms with Gasteiger partial charge in [-0.3, -0.25) is 4.79 Å². The van der Waals surface area contributed by atoms with E-state index < -0.39 is 0 Å². The fourth-order valence-electron chi connectivity index (χ4n) is 3.07. The van der Waals surface area contributed by atoms with Gasteiger partial charge >= 0.3 is 0 Å².